The van der Waals surface area contributed by atoms with Gasteiger partial charge in [0.2, 0.25) is 0 Å². The van der Waals surface area contributed by atoms with Gasteiger partial charge in [-0.3, -0.25) is 0 Å². The summed E-state index contributed by atoms with van der Waals surface area (Å²) in [5.74, 6) is 1.07. The van der Waals surface area contributed by atoms with Gasteiger partial charge in [-0.1, -0.05) is 0 Å². The third kappa shape index (κ3) is 2.82. The van der Waals surface area contributed by atoms with Gasteiger partial charge in [0, 0.05) is 15.0 Å². The van der Waals surface area contributed by atoms with E-state index in [1.165, 1.54) is 0 Å². The first kappa shape index (κ1) is 14.9. The highest BCUT2D eigenvalue weighted by Crippen LogP contribution is 2.35. The Balaban J connectivity index is 0.00000147. The molecule has 0 spiro atoms. The topological polar surface area (TPSA) is 56.5 Å². The molecule has 2 bridgehead atoms. The highest BCUT2D eigenvalue weighted by Gasteiger charge is 2.45. The van der Waals surface area contributed by atoms with Crippen LogP contribution in [-0.4, -0.2) is 50.3 Å². The summed E-state index contributed by atoms with van der Waals surface area (Å²) in [5, 5.41) is 19.4. The van der Waals surface area contributed by atoms with Crippen molar-refractivity contribution in [3.05, 3.63) is 29.8 Å². The van der Waals surface area contributed by atoms with E-state index in [0.29, 0.717) is 30.4 Å². The number of nitrogens with zero attached hydrogens (tertiary/aromatic N) is 2. The lowest BCUT2D eigenvalue weighted by Gasteiger charge is -2.49. The number of ether oxygens (including phenoxy) is 1. The highest BCUT2D eigenvalue weighted by molar-refractivity contribution is 5.75. The number of benzene rings is 1. The molecule has 3 fully saturated rings. The van der Waals surface area contributed by atoms with E-state index in [4.69, 9.17) is 10.00 Å². The molecule has 1 aromatic carbocycles. The quantitative estimate of drug-likeness (QED) is 0.832. The Kier molecular flexibility index (Phi) is 4.37. The maximum absolute atomic E-state index is 10.7. The zero-order valence-electron chi connectivity index (χ0n) is 11.5. The fourth-order valence-electron chi connectivity index (χ4n) is 3.14. The van der Waals surface area contributed by atoms with Crippen LogP contribution in [-0.2, 0) is 0 Å². The molecule has 3 heterocycles. The van der Waals surface area contributed by atoms with Gasteiger partial charge < -0.3 is 14.7 Å². The van der Waals surface area contributed by atoms with Crippen LogP contribution in [0, 0.1) is 17.2 Å². The minimum atomic E-state index is -0.718. The monoisotopic (exact) mass is 269 g/mol. The van der Waals surface area contributed by atoms with Crippen molar-refractivity contribution in [2.24, 2.45) is 5.92 Å². The van der Waals surface area contributed by atoms with Crippen LogP contribution in [0.25, 0.3) is 0 Å². The Morgan fingerprint density at radius 3 is 2.45 bits per heavy atom. The molecule has 3 saturated heterocycles. The zero-order valence-corrected chi connectivity index (χ0v) is 11.5. The fraction of sp³-hybridized carbons (Fsp3) is 0.533. The van der Waals surface area contributed by atoms with E-state index < -0.39 is 5.60 Å². The summed E-state index contributed by atoms with van der Waals surface area (Å²) in [6.07, 6.45) is 2.13. The fourth-order valence-corrected chi connectivity index (χ4v) is 3.14. The summed E-state index contributed by atoms with van der Waals surface area (Å²) in [5.41, 5.74) is -0.0985. The number of hydrogen-bond acceptors (Lipinski definition) is 4. The van der Waals surface area contributed by atoms with E-state index in [0.717, 1.165) is 25.9 Å². The molecule has 3 aliphatic heterocycles. The number of piperidine rings is 3. The first-order chi connectivity index (χ1) is 9.19. The van der Waals surface area contributed by atoms with Gasteiger partial charge in [-0.05, 0) is 56.1 Å². The molecule has 0 aliphatic carbocycles. The first-order valence-electron chi connectivity index (χ1n) is 6.77. The second-order valence-corrected chi connectivity index (χ2v) is 5.58. The van der Waals surface area contributed by atoms with Crippen LogP contribution < -0.4 is 4.74 Å². The lowest BCUT2D eigenvalue weighted by Crippen LogP contribution is -2.61. The molecule has 3 aliphatic rings. The molecule has 1 unspecified atom stereocenters. The van der Waals surface area contributed by atoms with Crippen molar-refractivity contribution in [1.29, 1.82) is 5.26 Å². The van der Waals surface area contributed by atoms with Crippen molar-refractivity contribution in [3.8, 4) is 11.8 Å². The minimum absolute atomic E-state index is 0. The minimum Gasteiger partial charge on any atom is -0.491 e. The number of hydrogen-bond donors (Lipinski definition) is 1. The van der Waals surface area contributed by atoms with Crippen molar-refractivity contribution in [2.45, 2.75) is 18.4 Å². The summed E-state index contributed by atoms with van der Waals surface area (Å²) in [6, 6.07) is 9.10. The summed E-state index contributed by atoms with van der Waals surface area (Å²) in [6.45, 7) is 3.25. The highest BCUT2D eigenvalue weighted by atomic mass is 16.5. The predicted molar refractivity (Wildman–Crippen MR) is 76.5 cm³/mol. The molecule has 4 rings (SSSR count). The molecule has 20 heavy (non-hydrogen) atoms. The summed E-state index contributed by atoms with van der Waals surface area (Å²) in [7, 11) is 0. The Morgan fingerprint density at radius 1 is 1.30 bits per heavy atom. The standard InChI is InChI=1S/C15H18N2O2.B/c16-9-12-1-3-14(4-2-12)19-11-15(18)10-17-7-5-13(15)6-8-17;/h1-4,13,18H,5-8,10-11H2;. The van der Waals surface area contributed by atoms with Crippen LogP contribution in [0.2, 0.25) is 0 Å². The van der Waals surface area contributed by atoms with Gasteiger partial charge in [-0.2, -0.15) is 5.26 Å². The lowest BCUT2D eigenvalue weighted by atomic mass is 9.76. The van der Waals surface area contributed by atoms with Crippen molar-refractivity contribution in [1.82, 2.24) is 4.90 Å². The van der Waals surface area contributed by atoms with Crippen LogP contribution in [0.3, 0.4) is 0 Å². The molecular weight excluding hydrogens is 251 g/mol. The molecule has 3 radical (unpaired) electrons. The third-order valence-corrected chi connectivity index (χ3v) is 4.32. The molecule has 4 nitrogen and oxygen atoms in total. The molecule has 0 amide bonds. The summed E-state index contributed by atoms with van der Waals surface area (Å²) >= 11 is 0. The molecule has 1 atom stereocenters. The molecule has 103 valence electrons. The van der Waals surface area contributed by atoms with Gasteiger partial charge in [-0.25, -0.2) is 0 Å². The van der Waals surface area contributed by atoms with Gasteiger partial charge >= 0.3 is 0 Å². The normalized spacial score (nSPS) is 31.2. The molecule has 5 heteroatoms. The van der Waals surface area contributed by atoms with E-state index in [9.17, 15) is 5.11 Å². The smallest absolute Gasteiger partial charge is 0.119 e. The van der Waals surface area contributed by atoms with Gasteiger partial charge in [-0.15, -0.1) is 0 Å². The van der Waals surface area contributed by atoms with Gasteiger partial charge in [0.25, 0.3) is 0 Å². The van der Waals surface area contributed by atoms with Crippen molar-refractivity contribution < 1.29 is 9.84 Å². The Morgan fingerprint density at radius 2 is 1.95 bits per heavy atom. The number of fused-ring (bicyclic) bond motifs is 3. The van der Waals surface area contributed by atoms with Crippen molar-refractivity contribution >= 4 is 8.41 Å². The number of rotatable bonds is 3. The van der Waals surface area contributed by atoms with Gasteiger partial charge in [0.05, 0.1) is 11.6 Å². The molecule has 1 N–H and O–H groups in total. The maximum atomic E-state index is 10.7. The van der Waals surface area contributed by atoms with E-state index >= 15 is 0 Å². The maximum Gasteiger partial charge on any atom is 0.119 e. The third-order valence-electron chi connectivity index (χ3n) is 4.32. The van der Waals surface area contributed by atoms with E-state index in [1.54, 1.807) is 24.3 Å². The Bertz CT molecular complexity index is 492. The van der Waals surface area contributed by atoms with Crippen molar-refractivity contribution in [3.63, 3.8) is 0 Å². The molecular formula is C15H18BN2O2. The number of aliphatic hydroxyl groups is 1. The van der Waals surface area contributed by atoms with Crippen LogP contribution in [0.4, 0.5) is 0 Å². The lowest BCUT2D eigenvalue weighted by molar-refractivity contribution is -0.131. The summed E-state index contributed by atoms with van der Waals surface area (Å²) < 4.78 is 5.71. The second-order valence-electron chi connectivity index (χ2n) is 5.58. The SMILES string of the molecule is N#Cc1ccc(OCC2(O)CN3CCC2CC3)cc1.[B]. The van der Waals surface area contributed by atoms with Crippen LogP contribution >= 0.6 is 0 Å². The second kappa shape index (κ2) is 5.86. The summed E-state index contributed by atoms with van der Waals surface area (Å²) in [4.78, 5) is 2.31. The van der Waals surface area contributed by atoms with Gasteiger partial charge in [0.15, 0.2) is 0 Å². The average molecular weight is 269 g/mol. The van der Waals surface area contributed by atoms with E-state index in [2.05, 4.69) is 11.0 Å². The molecule has 0 aromatic heterocycles. The van der Waals surface area contributed by atoms with Crippen LogP contribution in [0.1, 0.15) is 18.4 Å². The molecule has 0 saturated carbocycles. The van der Waals surface area contributed by atoms with Crippen LogP contribution in [0.15, 0.2) is 24.3 Å². The number of nitriles is 1. The Hall–Kier alpha value is -1.51. The largest absolute Gasteiger partial charge is 0.491 e. The first-order valence-corrected chi connectivity index (χ1v) is 6.77. The Labute approximate surface area is 121 Å². The van der Waals surface area contributed by atoms with Crippen molar-refractivity contribution in [2.75, 3.05) is 26.2 Å². The zero-order chi connectivity index (χ0) is 13.3. The van der Waals surface area contributed by atoms with Gasteiger partial charge in [0.1, 0.15) is 18.0 Å². The average Bonchev–Trinajstić information content (AvgIpc) is 2.47. The van der Waals surface area contributed by atoms with E-state index in [1.807, 2.05) is 0 Å². The van der Waals surface area contributed by atoms with Crippen LogP contribution in [0.5, 0.6) is 5.75 Å². The molecule has 1 aromatic rings. The predicted octanol–water partition coefficient (Wildman–Crippen LogP) is 1.01. The van der Waals surface area contributed by atoms with E-state index in [-0.39, 0.29) is 8.41 Å².